The van der Waals surface area contributed by atoms with Crippen molar-refractivity contribution in [2.45, 2.75) is 13.0 Å². The van der Waals surface area contributed by atoms with Gasteiger partial charge in [-0.05, 0) is 19.1 Å². The molecule has 0 saturated heterocycles. The van der Waals surface area contributed by atoms with Crippen molar-refractivity contribution in [1.82, 2.24) is 5.32 Å². The monoisotopic (exact) mass is 140 g/mol. The summed E-state index contributed by atoms with van der Waals surface area (Å²) < 4.78 is 5.05. The average Bonchev–Trinajstić information content (AvgIpc) is 1.88. The third-order valence-corrected chi connectivity index (χ3v) is 1.47. The van der Waals surface area contributed by atoms with Gasteiger partial charge in [-0.3, -0.25) is 0 Å². The van der Waals surface area contributed by atoms with Crippen molar-refractivity contribution in [2.75, 3.05) is 7.11 Å². The number of ether oxygens (including phenoxy) is 1. The smallest absolute Gasteiger partial charge is 0.118 e. The van der Waals surface area contributed by atoms with Crippen molar-refractivity contribution < 1.29 is 4.74 Å². The molecule has 0 fully saturated rings. The summed E-state index contributed by atoms with van der Waals surface area (Å²) in [7, 11) is 1.65. The van der Waals surface area contributed by atoms with Gasteiger partial charge in [0.2, 0.25) is 0 Å². The summed E-state index contributed by atoms with van der Waals surface area (Å²) in [4.78, 5) is 0. The van der Waals surface area contributed by atoms with Crippen LogP contribution in [0.4, 0.5) is 0 Å². The number of rotatable bonds is 1. The third-order valence-electron chi connectivity index (χ3n) is 1.47. The lowest BCUT2D eigenvalue weighted by molar-refractivity contribution is 0.257. The van der Waals surface area contributed by atoms with Gasteiger partial charge in [-0.25, -0.2) is 0 Å². The first-order valence-corrected chi connectivity index (χ1v) is 3.22. The van der Waals surface area contributed by atoms with Crippen LogP contribution in [0.5, 0.6) is 0 Å². The molecule has 3 heteroatoms. The molecule has 0 amide bonds. The van der Waals surface area contributed by atoms with Gasteiger partial charge in [0.05, 0.1) is 19.0 Å². The standard InChI is InChI=1S/C7H12N2O/c1-5-6(10-2)3-4-7(8)9-5/h3-5,9H,8H2,1-2H3. The molecular formula is C7H12N2O. The summed E-state index contributed by atoms with van der Waals surface area (Å²) in [5.41, 5.74) is 5.49. The van der Waals surface area contributed by atoms with E-state index in [0.29, 0.717) is 5.82 Å². The van der Waals surface area contributed by atoms with Gasteiger partial charge < -0.3 is 15.8 Å². The molecule has 56 valence electrons. The number of allylic oxidation sites excluding steroid dienone is 2. The molecule has 1 rings (SSSR count). The molecule has 1 atom stereocenters. The van der Waals surface area contributed by atoms with E-state index in [0.717, 1.165) is 5.76 Å². The summed E-state index contributed by atoms with van der Waals surface area (Å²) in [6, 6.07) is 0.190. The van der Waals surface area contributed by atoms with Crippen LogP contribution in [-0.2, 0) is 4.74 Å². The Kier molecular flexibility index (Phi) is 1.85. The third kappa shape index (κ3) is 1.23. The minimum Gasteiger partial charge on any atom is -0.499 e. The van der Waals surface area contributed by atoms with E-state index in [1.807, 2.05) is 13.0 Å². The lowest BCUT2D eigenvalue weighted by Crippen LogP contribution is -2.33. The van der Waals surface area contributed by atoms with Crippen LogP contribution >= 0.6 is 0 Å². The number of nitrogens with two attached hydrogens (primary N) is 1. The molecule has 0 aromatic heterocycles. The molecule has 0 aromatic carbocycles. The molecule has 0 saturated carbocycles. The maximum atomic E-state index is 5.49. The van der Waals surface area contributed by atoms with Crippen molar-refractivity contribution in [3.05, 3.63) is 23.7 Å². The van der Waals surface area contributed by atoms with Gasteiger partial charge in [0.1, 0.15) is 5.76 Å². The molecule has 1 aliphatic heterocycles. The molecule has 10 heavy (non-hydrogen) atoms. The summed E-state index contributed by atoms with van der Waals surface area (Å²) >= 11 is 0. The van der Waals surface area contributed by atoms with Gasteiger partial charge in [0.25, 0.3) is 0 Å². The first-order valence-electron chi connectivity index (χ1n) is 3.22. The Morgan fingerprint density at radius 3 is 2.80 bits per heavy atom. The molecule has 0 aromatic rings. The highest BCUT2D eigenvalue weighted by molar-refractivity contribution is 5.21. The topological polar surface area (TPSA) is 47.3 Å². The van der Waals surface area contributed by atoms with Crippen molar-refractivity contribution in [1.29, 1.82) is 0 Å². The summed E-state index contributed by atoms with van der Waals surface area (Å²) in [5.74, 6) is 1.60. The van der Waals surface area contributed by atoms with E-state index in [-0.39, 0.29) is 6.04 Å². The quantitative estimate of drug-likeness (QED) is 0.551. The highest BCUT2D eigenvalue weighted by Gasteiger charge is 2.11. The molecular weight excluding hydrogens is 128 g/mol. The Labute approximate surface area is 60.5 Å². The van der Waals surface area contributed by atoms with Crippen LogP contribution in [0.2, 0.25) is 0 Å². The fraction of sp³-hybridized carbons (Fsp3) is 0.429. The van der Waals surface area contributed by atoms with Gasteiger partial charge in [0, 0.05) is 0 Å². The van der Waals surface area contributed by atoms with E-state index < -0.39 is 0 Å². The Bertz CT molecular complexity index is 184. The average molecular weight is 140 g/mol. The highest BCUT2D eigenvalue weighted by atomic mass is 16.5. The molecule has 1 aliphatic rings. The minimum atomic E-state index is 0.190. The second-order valence-electron chi connectivity index (χ2n) is 2.26. The zero-order chi connectivity index (χ0) is 7.56. The Balaban J connectivity index is 2.71. The number of nitrogens with one attached hydrogen (secondary N) is 1. The molecule has 1 unspecified atom stereocenters. The SMILES string of the molecule is COC1=CC=C(N)NC1C. The number of hydrogen-bond acceptors (Lipinski definition) is 3. The lowest BCUT2D eigenvalue weighted by Gasteiger charge is -2.20. The van der Waals surface area contributed by atoms with E-state index >= 15 is 0 Å². The first kappa shape index (κ1) is 6.99. The lowest BCUT2D eigenvalue weighted by atomic mass is 10.2. The molecule has 1 heterocycles. The fourth-order valence-electron chi connectivity index (χ4n) is 0.930. The predicted octanol–water partition coefficient (Wildman–Crippen LogP) is 0.308. The molecule has 3 nitrogen and oxygen atoms in total. The summed E-state index contributed by atoms with van der Waals surface area (Å²) in [6.07, 6.45) is 3.66. The maximum absolute atomic E-state index is 5.49. The fourth-order valence-corrected chi connectivity index (χ4v) is 0.930. The van der Waals surface area contributed by atoms with Crippen LogP contribution in [0.25, 0.3) is 0 Å². The number of methoxy groups -OCH3 is 1. The molecule has 0 bridgehead atoms. The summed E-state index contributed by atoms with van der Waals surface area (Å²) in [6.45, 7) is 2.00. The number of hydrogen-bond donors (Lipinski definition) is 2. The number of dihydropyridines is 1. The van der Waals surface area contributed by atoms with Crippen LogP contribution < -0.4 is 11.1 Å². The van der Waals surface area contributed by atoms with Gasteiger partial charge in [-0.15, -0.1) is 0 Å². The highest BCUT2D eigenvalue weighted by Crippen LogP contribution is 2.08. The van der Waals surface area contributed by atoms with Crippen LogP contribution in [-0.4, -0.2) is 13.2 Å². The van der Waals surface area contributed by atoms with Crippen molar-refractivity contribution >= 4 is 0 Å². The summed E-state index contributed by atoms with van der Waals surface area (Å²) in [5, 5.41) is 3.03. The molecule has 0 spiro atoms. The van der Waals surface area contributed by atoms with Crippen LogP contribution in [0.3, 0.4) is 0 Å². The van der Waals surface area contributed by atoms with Crippen LogP contribution in [0, 0.1) is 0 Å². The van der Waals surface area contributed by atoms with Crippen molar-refractivity contribution in [3.8, 4) is 0 Å². The first-order chi connectivity index (χ1) is 4.74. The van der Waals surface area contributed by atoms with Crippen molar-refractivity contribution in [2.24, 2.45) is 5.73 Å². The Morgan fingerprint density at radius 1 is 1.60 bits per heavy atom. The maximum Gasteiger partial charge on any atom is 0.118 e. The second kappa shape index (κ2) is 2.64. The van der Waals surface area contributed by atoms with Gasteiger partial charge in [-0.2, -0.15) is 0 Å². The minimum absolute atomic E-state index is 0.190. The predicted molar refractivity (Wildman–Crippen MR) is 40.0 cm³/mol. The normalized spacial score (nSPS) is 24.4. The van der Waals surface area contributed by atoms with E-state index in [2.05, 4.69) is 5.32 Å². The Hall–Kier alpha value is -1.12. The van der Waals surface area contributed by atoms with Gasteiger partial charge >= 0.3 is 0 Å². The van der Waals surface area contributed by atoms with E-state index in [1.54, 1.807) is 13.2 Å². The van der Waals surface area contributed by atoms with Crippen LogP contribution in [0.15, 0.2) is 23.7 Å². The second-order valence-corrected chi connectivity index (χ2v) is 2.26. The zero-order valence-corrected chi connectivity index (χ0v) is 6.22. The Morgan fingerprint density at radius 2 is 2.30 bits per heavy atom. The largest absolute Gasteiger partial charge is 0.499 e. The van der Waals surface area contributed by atoms with Crippen molar-refractivity contribution in [3.63, 3.8) is 0 Å². The molecule has 3 N–H and O–H groups in total. The molecule has 0 aliphatic carbocycles. The molecule has 0 radical (unpaired) electrons. The van der Waals surface area contributed by atoms with Gasteiger partial charge in [0.15, 0.2) is 0 Å². The zero-order valence-electron chi connectivity index (χ0n) is 6.22. The van der Waals surface area contributed by atoms with E-state index in [1.165, 1.54) is 0 Å². The van der Waals surface area contributed by atoms with Gasteiger partial charge in [-0.1, -0.05) is 0 Å². The van der Waals surface area contributed by atoms with Crippen LogP contribution in [0.1, 0.15) is 6.92 Å². The van der Waals surface area contributed by atoms with E-state index in [9.17, 15) is 0 Å². The van der Waals surface area contributed by atoms with E-state index in [4.69, 9.17) is 10.5 Å².